The van der Waals surface area contributed by atoms with Crippen molar-refractivity contribution in [3.05, 3.63) is 60.2 Å². The van der Waals surface area contributed by atoms with E-state index in [2.05, 4.69) is 5.32 Å². The smallest absolute Gasteiger partial charge is 0.263 e. The SMILES string of the molecule is Cc1ccc(OC(C)C(=O)N2CCC(C(=O)Nc3ccccc3)CC2)cc1. The Balaban J connectivity index is 1.48. The van der Waals surface area contributed by atoms with Gasteiger partial charge in [0.25, 0.3) is 5.91 Å². The highest BCUT2D eigenvalue weighted by molar-refractivity contribution is 5.92. The van der Waals surface area contributed by atoms with Crippen LogP contribution >= 0.6 is 0 Å². The molecule has 1 fully saturated rings. The molecular weight excluding hydrogens is 340 g/mol. The first-order valence-electron chi connectivity index (χ1n) is 9.41. The fourth-order valence-electron chi connectivity index (χ4n) is 3.26. The maximum absolute atomic E-state index is 12.6. The molecule has 2 aromatic carbocycles. The Bertz CT molecular complexity index is 766. The van der Waals surface area contributed by atoms with Crippen molar-refractivity contribution in [2.24, 2.45) is 5.92 Å². The largest absolute Gasteiger partial charge is 0.481 e. The lowest BCUT2D eigenvalue weighted by atomic mass is 9.95. The Morgan fingerprint density at radius 1 is 1.04 bits per heavy atom. The maximum Gasteiger partial charge on any atom is 0.263 e. The van der Waals surface area contributed by atoms with Gasteiger partial charge < -0.3 is 15.0 Å². The number of carbonyl (C=O) groups is 2. The number of likely N-dealkylation sites (tertiary alicyclic amines) is 1. The Kier molecular flexibility index (Phi) is 6.12. The van der Waals surface area contributed by atoms with Gasteiger partial charge in [0, 0.05) is 24.7 Å². The molecular formula is C22H26N2O3. The Morgan fingerprint density at radius 2 is 1.67 bits per heavy atom. The van der Waals surface area contributed by atoms with Crippen molar-refractivity contribution >= 4 is 17.5 Å². The minimum Gasteiger partial charge on any atom is -0.481 e. The summed E-state index contributed by atoms with van der Waals surface area (Å²) in [6.07, 6.45) is 0.797. The molecule has 3 rings (SSSR count). The second kappa shape index (κ2) is 8.71. The van der Waals surface area contributed by atoms with Gasteiger partial charge in [-0.1, -0.05) is 35.9 Å². The van der Waals surface area contributed by atoms with Crippen LogP contribution in [0.25, 0.3) is 0 Å². The quantitative estimate of drug-likeness (QED) is 0.879. The minimum absolute atomic E-state index is 0.0252. The van der Waals surface area contributed by atoms with Crippen LogP contribution in [0.3, 0.4) is 0 Å². The molecule has 1 N–H and O–H groups in total. The van der Waals surface area contributed by atoms with Gasteiger partial charge in [-0.05, 0) is 51.0 Å². The standard InChI is InChI=1S/C22H26N2O3/c1-16-8-10-20(11-9-16)27-17(2)22(26)24-14-12-18(13-15-24)21(25)23-19-6-4-3-5-7-19/h3-11,17-18H,12-15H2,1-2H3,(H,23,25). The molecule has 0 aliphatic carbocycles. The zero-order valence-corrected chi connectivity index (χ0v) is 15.9. The highest BCUT2D eigenvalue weighted by Crippen LogP contribution is 2.21. The van der Waals surface area contributed by atoms with Crippen LogP contribution in [0.1, 0.15) is 25.3 Å². The lowest BCUT2D eigenvalue weighted by Crippen LogP contribution is -2.46. The van der Waals surface area contributed by atoms with E-state index in [1.165, 1.54) is 0 Å². The number of aryl methyl sites for hydroxylation is 1. The first kappa shape index (κ1) is 19.0. The molecule has 0 spiro atoms. The molecule has 1 unspecified atom stereocenters. The summed E-state index contributed by atoms with van der Waals surface area (Å²) in [6, 6.07) is 17.1. The number of anilines is 1. The molecule has 1 aliphatic rings. The summed E-state index contributed by atoms with van der Waals surface area (Å²) in [5.74, 6) is 0.621. The van der Waals surface area contributed by atoms with E-state index >= 15 is 0 Å². The van der Waals surface area contributed by atoms with E-state index in [-0.39, 0.29) is 17.7 Å². The number of para-hydroxylation sites is 1. The van der Waals surface area contributed by atoms with E-state index in [4.69, 9.17) is 4.74 Å². The maximum atomic E-state index is 12.6. The number of nitrogens with zero attached hydrogens (tertiary/aromatic N) is 1. The average molecular weight is 366 g/mol. The van der Waals surface area contributed by atoms with E-state index < -0.39 is 6.10 Å². The van der Waals surface area contributed by atoms with Gasteiger partial charge in [0.15, 0.2) is 6.10 Å². The van der Waals surface area contributed by atoms with Crippen molar-refractivity contribution in [2.45, 2.75) is 32.8 Å². The predicted octanol–water partition coefficient (Wildman–Crippen LogP) is 3.64. The Hall–Kier alpha value is -2.82. The number of carbonyl (C=O) groups excluding carboxylic acids is 2. The average Bonchev–Trinajstić information content (AvgIpc) is 2.70. The van der Waals surface area contributed by atoms with Crippen LogP contribution in [0.2, 0.25) is 0 Å². The fourth-order valence-corrected chi connectivity index (χ4v) is 3.26. The molecule has 142 valence electrons. The summed E-state index contributed by atoms with van der Waals surface area (Å²) in [5, 5.41) is 2.95. The monoisotopic (exact) mass is 366 g/mol. The lowest BCUT2D eigenvalue weighted by molar-refractivity contribution is -0.140. The zero-order chi connectivity index (χ0) is 19.2. The topological polar surface area (TPSA) is 58.6 Å². The summed E-state index contributed by atoms with van der Waals surface area (Å²) in [5.41, 5.74) is 1.96. The highest BCUT2D eigenvalue weighted by atomic mass is 16.5. The molecule has 2 amide bonds. The minimum atomic E-state index is -0.539. The molecule has 1 aliphatic heterocycles. The number of ether oxygens (including phenoxy) is 1. The normalized spacial score (nSPS) is 15.9. The van der Waals surface area contributed by atoms with Crippen molar-refractivity contribution in [2.75, 3.05) is 18.4 Å². The van der Waals surface area contributed by atoms with Crippen molar-refractivity contribution in [1.82, 2.24) is 4.90 Å². The number of benzene rings is 2. The summed E-state index contributed by atoms with van der Waals surface area (Å²) < 4.78 is 5.77. The van der Waals surface area contributed by atoms with Gasteiger partial charge in [-0.3, -0.25) is 9.59 Å². The Morgan fingerprint density at radius 3 is 2.30 bits per heavy atom. The highest BCUT2D eigenvalue weighted by Gasteiger charge is 2.30. The van der Waals surface area contributed by atoms with Crippen LogP contribution in [0.5, 0.6) is 5.75 Å². The molecule has 1 heterocycles. The van der Waals surface area contributed by atoms with Gasteiger partial charge in [-0.15, -0.1) is 0 Å². The second-order valence-corrected chi connectivity index (χ2v) is 7.03. The van der Waals surface area contributed by atoms with E-state index in [9.17, 15) is 9.59 Å². The van der Waals surface area contributed by atoms with Crippen LogP contribution in [-0.4, -0.2) is 35.9 Å². The van der Waals surface area contributed by atoms with Crippen molar-refractivity contribution in [3.8, 4) is 5.75 Å². The van der Waals surface area contributed by atoms with Gasteiger partial charge in [0.05, 0.1) is 0 Å². The molecule has 27 heavy (non-hydrogen) atoms. The van der Waals surface area contributed by atoms with Crippen molar-refractivity contribution < 1.29 is 14.3 Å². The summed E-state index contributed by atoms with van der Waals surface area (Å²) in [7, 11) is 0. The number of hydrogen-bond acceptors (Lipinski definition) is 3. The first-order chi connectivity index (χ1) is 13.0. The van der Waals surface area contributed by atoms with E-state index in [0.717, 1.165) is 11.3 Å². The lowest BCUT2D eigenvalue weighted by Gasteiger charge is -2.33. The van der Waals surface area contributed by atoms with Crippen molar-refractivity contribution in [1.29, 1.82) is 0 Å². The molecule has 0 aromatic heterocycles. The molecule has 5 heteroatoms. The van der Waals surface area contributed by atoms with E-state index in [1.807, 2.05) is 61.5 Å². The molecule has 5 nitrogen and oxygen atoms in total. The van der Waals surface area contributed by atoms with Crippen molar-refractivity contribution in [3.63, 3.8) is 0 Å². The molecule has 0 radical (unpaired) electrons. The Labute approximate surface area is 160 Å². The van der Waals surface area contributed by atoms with Crippen LogP contribution < -0.4 is 10.1 Å². The molecule has 1 atom stereocenters. The second-order valence-electron chi connectivity index (χ2n) is 7.03. The number of piperidine rings is 1. The third-order valence-corrected chi connectivity index (χ3v) is 4.90. The fraction of sp³-hybridized carbons (Fsp3) is 0.364. The molecule has 0 saturated carbocycles. The molecule has 2 aromatic rings. The molecule has 0 bridgehead atoms. The van der Waals surface area contributed by atoms with Crippen LogP contribution in [-0.2, 0) is 9.59 Å². The van der Waals surface area contributed by atoms with Gasteiger partial charge in [0.1, 0.15) is 5.75 Å². The number of amides is 2. The number of rotatable bonds is 5. The summed E-state index contributed by atoms with van der Waals surface area (Å²) in [4.78, 5) is 26.8. The third-order valence-electron chi connectivity index (χ3n) is 4.90. The number of hydrogen-bond donors (Lipinski definition) is 1. The zero-order valence-electron chi connectivity index (χ0n) is 15.9. The third kappa shape index (κ3) is 5.09. The van der Waals surface area contributed by atoms with E-state index in [1.54, 1.807) is 11.8 Å². The molecule has 1 saturated heterocycles. The van der Waals surface area contributed by atoms with Crippen LogP contribution in [0, 0.1) is 12.8 Å². The van der Waals surface area contributed by atoms with Gasteiger partial charge >= 0.3 is 0 Å². The van der Waals surface area contributed by atoms with Gasteiger partial charge in [0.2, 0.25) is 5.91 Å². The van der Waals surface area contributed by atoms with Crippen LogP contribution in [0.15, 0.2) is 54.6 Å². The van der Waals surface area contributed by atoms with Gasteiger partial charge in [-0.2, -0.15) is 0 Å². The van der Waals surface area contributed by atoms with E-state index in [0.29, 0.717) is 31.7 Å². The summed E-state index contributed by atoms with van der Waals surface area (Å²) in [6.45, 7) is 4.94. The van der Waals surface area contributed by atoms with Gasteiger partial charge in [-0.25, -0.2) is 0 Å². The first-order valence-corrected chi connectivity index (χ1v) is 9.41. The number of nitrogens with one attached hydrogen (secondary N) is 1. The van der Waals surface area contributed by atoms with Crippen LogP contribution in [0.4, 0.5) is 5.69 Å². The summed E-state index contributed by atoms with van der Waals surface area (Å²) >= 11 is 0. The predicted molar refractivity (Wildman–Crippen MR) is 106 cm³/mol.